The molecule has 0 saturated heterocycles. The fourth-order valence-electron chi connectivity index (χ4n) is 1.55. The number of aliphatic carboxylic acids is 1. The number of nitrogens with one attached hydrogen (secondary N) is 1. The van der Waals surface area contributed by atoms with Gasteiger partial charge in [-0.05, 0) is 31.4 Å². The zero-order valence-corrected chi connectivity index (χ0v) is 10.9. The summed E-state index contributed by atoms with van der Waals surface area (Å²) in [6.07, 6.45) is 0. The molecule has 0 heterocycles. The summed E-state index contributed by atoms with van der Waals surface area (Å²) < 4.78 is 0. The second-order valence-corrected chi connectivity index (χ2v) is 5.28. The number of rotatable bonds is 5. The highest BCUT2D eigenvalue weighted by Crippen LogP contribution is 2.25. The first kappa shape index (κ1) is 13.6. The molecule has 3 heteroatoms. The quantitative estimate of drug-likeness (QED) is 0.823. The topological polar surface area (TPSA) is 49.3 Å². The average molecular weight is 235 g/mol. The van der Waals surface area contributed by atoms with Crippen molar-refractivity contribution in [1.29, 1.82) is 0 Å². The van der Waals surface area contributed by atoms with Crippen molar-refractivity contribution in [3.05, 3.63) is 29.8 Å². The maximum Gasteiger partial charge on any atom is 0.310 e. The second-order valence-electron chi connectivity index (χ2n) is 5.28. The average Bonchev–Trinajstić information content (AvgIpc) is 2.26. The third-order valence-corrected chi connectivity index (χ3v) is 2.88. The molecule has 0 radical (unpaired) electrons. The normalized spacial score (nSPS) is 11.6. The summed E-state index contributed by atoms with van der Waals surface area (Å²) in [6, 6.07) is 8.03. The predicted molar refractivity (Wildman–Crippen MR) is 70.4 cm³/mol. The van der Waals surface area contributed by atoms with Gasteiger partial charge in [0.2, 0.25) is 0 Å². The van der Waals surface area contributed by atoms with Crippen LogP contribution in [0.3, 0.4) is 0 Å². The maximum atomic E-state index is 11.0. The first-order valence-corrected chi connectivity index (χ1v) is 5.91. The second kappa shape index (κ2) is 5.21. The minimum absolute atomic E-state index is 0.423. The van der Waals surface area contributed by atoms with Gasteiger partial charge in [-0.3, -0.25) is 4.79 Å². The Morgan fingerprint density at radius 1 is 1.35 bits per heavy atom. The highest BCUT2D eigenvalue weighted by molar-refractivity contribution is 5.74. The number of carbonyl (C=O) groups is 1. The summed E-state index contributed by atoms with van der Waals surface area (Å²) in [5, 5.41) is 12.3. The van der Waals surface area contributed by atoms with Gasteiger partial charge in [0.1, 0.15) is 0 Å². The van der Waals surface area contributed by atoms with Crippen LogP contribution in [0, 0.1) is 5.41 Å². The molecule has 0 bridgehead atoms. The van der Waals surface area contributed by atoms with Crippen LogP contribution in [0.25, 0.3) is 0 Å². The van der Waals surface area contributed by atoms with Gasteiger partial charge in [-0.1, -0.05) is 32.0 Å². The van der Waals surface area contributed by atoms with E-state index in [0.29, 0.717) is 12.5 Å². The van der Waals surface area contributed by atoms with Gasteiger partial charge < -0.3 is 10.4 Å². The largest absolute Gasteiger partial charge is 0.481 e. The minimum atomic E-state index is -0.785. The molecule has 1 rings (SSSR count). The molecule has 94 valence electrons. The highest BCUT2D eigenvalue weighted by atomic mass is 16.4. The molecule has 0 atom stereocenters. The van der Waals surface area contributed by atoms with E-state index in [9.17, 15) is 4.79 Å². The Labute approximate surface area is 103 Å². The Hall–Kier alpha value is -1.51. The summed E-state index contributed by atoms with van der Waals surface area (Å²) in [5.74, 6) is -0.362. The van der Waals surface area contributed by atoms with E-state index in [2.05, 4.69) is 25.2 Å². The molecule has 2 N–H and O–H groups in total. The lowest BCUT2D eigenvalue weighted by Gasteiger charge is -2.22. The number of benzene rings is 1. The molecule has 0 aliphatic heterocycles. The van der Waals surface area contributed by atoms with E-state index < -0.39 is 11.4 Å². The lowest BCUT2D eigenvalue weighted by atomic mass is 9.93. The molecule has 0 saturated carbocycles. The number of para-hydroxylation sites is 1. The number of anilines is 1. The first-order chi connectivity index (χ1) is 7.84. The van der Waals surface area contributed by atoms with Crippen LogP contribution in [-0.4, -0.2) is 17.6 Å². The molecule has 0 spiro atoms. The van der Waals surface area contributed by atoms with Gasteiger partial charge in [0.25, 0.3) is 0 Å². The molecule has 0 aromatic heterocycles. The van der Waals surface area contributed by atoms with Crippen molar-refractivity contribution in [3.63, 3.8) is 0 Å². The van der Waals surface area contributed by atoms with Crippen molar-refractivity contribution < 1.29 is 9.90 Å². The summed E-state index contributed by atoms with van der Waals surface area (Å²) in [4.78, 5) is 11.0. The molecule has 0 fully saturated rings. The van der Waals surface area contributed by atoms with Gasteiger partial charge in [0, 0.05) is 12.2 Å². The van der Waals surface area contributed by atoms with Crippen LogP contribution >= 0.6 is 0 Å². The Morgan fingerprint density at radius 3 is 2.47 bits per heavy atom. The third-order valence-electron chi connectivity index (χ3n) is 2.88. The van der Waals surface area contributed by atoms with E-state index in [-0.39, 0.29) is 0 Å². The van der Waals surface area contributed by atoms with Crippen molar-refractivity contribution >= 4 is 11.7 Å². The molecule has 3 nitrogen and oxygen atoms in total. The van der Waals surface area contributed by atoms with Gasteiger partial charge in [0.15, 0.2) is 0 Å². The van der Waals surface area contributed by atoms with Crippen LogP contribution in [0.1, 0.15) is 39.2 Å². The molecule has 0 aliphatic rings. The number of carboxylic acids is 1. The summed E-state index contributed by atoms with van der Waals surface area (Å²) in [5.41, 5.74) is 1.48. The molecular formula is C14H21NO2. The first-order valence-electron chi connectivity index (χ1n) is 5.91. The molecule has 1 aromatic rings. The Morgan fingerprint density at radius 2 is 1.94 bits per heavy atom. The van der Waals surface area contributed by atoms with Gasteiger partial charge in [0.05, 0.1) is 5.41 Å². The monoisotopic (exact) mass is 235 g/mol. The van der Waals surface area contributed by atoms with Crippen LogP contribution in [0.15, 0.2) is 24.3 Å². The lowest BCUT2D eigenvalue weighted by Crippen LogP contribution is -2.32. The van der Waals surface area contributed by atoms with E-state index in [1.165, 1.54) is 5.56 Å². The number of hydrogen-bond acceptors (Lipinski definition) is 2. The van der Waals surface area contributed by atoms with Crippen molar-refractivity contribution in [2.75, 3.05) is 11.9 Å². The van der Waals surface area contributed by atoms with Crippen molar-refractivity contribution in [2.45, 2.75) is 33.6 Å². The molecule has 1 aromatic carbocycles. The van der Waals surface area contributed by atoms with Crippen molar-refractivity contribution in [3.8, 4) is 0 Å². The van der Waals surface area contributed by atoms with E-state index in [0.717, 1.165) is 5.69 Å². The molecular weight excluding hydrogens is 214 g/mol. The van der Waals surface area contributed by atoms with Crippen molar-refractivity contribution in [2.24, 2.45) is 5.41 Å². The van der Waals surface area contributed by atoms with E-state index >= 15 is 0 Å². The zero-order valence-electron chi connectivity index (χ0n) is 10.9. The lowest BCUT2D eigenvalue weighted by molar-refractivity contribution is -0.146. The zero-order chi connectivity index (χ0) is 13.1. The van der Waals surface area contributed by atoms with Gasteiger partial charge in [-0.15, -0.1) is 0 Å². The van der Waals surface area contributed by atoms with E-state index in [1.54, 1.807) is 13.8 Å². The van der Waals surface area contributed by atoms with Crippen LogP contribution in [0.5, 0.6) is 0 Å². The van der Waals surface area contributed by atoms with Crippen molar-refractivity contribution in [1.82, 2.24) is 0 Å². The SMILES string of the molecule is CC(C)c1ccccc1NCC(C)(C)C(=O)O. The van der Waals surface area contributed by atoms with E-state index in [1.807, 2.05) is 18.2 Å². The van der Waals surface area contributed by atoms with Gasteiger partial charge >= 0.3 is 5.97 Å². The van der Waals surface area contributed by atoms with Crippen LogP contribution < -0.4 is 5.32 Å². The van der Waals surface area contributed by atoms with Crippen LogP contribution in [-0.2, 0) is 4.79 Å². The minimum Gasteiger partial charge on any atom is -0.481 e. The Kier molecular flexibility index (Phi) is 4.16. The molecule has 0 unspecified atom stereocenters. The predicted octanol–water partition coefficient (Wildman–Crippen LogP) is 3.33. The Bertz CT molecular complexity index is 397. The number of carboxylic acid groups (broad SMARTS) is 1. The molecule has 0 aliphatic carbocycles. The maximum absolute atomic E-state index is 11.0. The van der Waals surface area contributed by atoms with Crippen LogP contribution in [0.2, 0.25) is 0 Å². The smallest absolute Gasteiger partial charge is 0.310 e. The number of hydrogen-bond donors (Lipinski definition) is 2. The fraction of sp³-hybridized carbons (Fsp3) is 0.500. The molecule has 0 amide bonds. The summed E-state index contributed by atoms with van der Waals surface area (Å²) in [7, 11) is 0. The van der Waals surface area contributed by atoms with E-state index in [4.69, 9.17) is 5.11 Å². The summed E-state index contributed by atoms with van der Waals surface area (Å²) in [6.45, 7) is 8.12. The summed E-state index contributed by atoms with van der Waals surface area (Å²) >= 11 is 0. The van der Waals surface area contributed by atoms with Crippen LogP contribution in [0.4, 0.5) is 5.69 Å². The highest BCUT2D eigenvalue weighted by Gasteiger charge is 2.26. The third kappa shape index (κ3) is 3.48. The standard InChI is InChI=1S/C14H21NO2/c1-10(2)11-7-5-6-8-12(11)15-9-14(3,4)13(16)17/h5-8,10,15H,9H2,1-4H3,(H,16,17). The Balaban J connectivity index is 2.79. The van der Waals surface area contributed by atoms with Gasteiger partial charge in [-0.25, -0.2) is 0 Å². The van der Waals surface area contributed by atoms with Gasteiger partial charge in [-0.2, -0.15) is 0 Å². The fourth-order valence-corrected chi connectivity index (χ4v) is 1.55. The molecule has 17 heavy (non-hydrogen) atoms.